The zero-order valence-electron chi connectivity index (χ0n) is 14.9. The largest absolute Gasteiger partial charge is 0.313 e. The first kappa shape index (κ1) is 14.9. The van der Waals surface area contributed by atoms with E-state index in [1.54, 1.807) is 4.90 Å². The molecule has 130 valence electrons. The Morgan fingerprint density at radius 3 is 2.56 bits per heavy atom. The van der Waals surface area contributed by atoms with Gasteiger partial charge in [0.2, 0.25) is 5.91 Å². The van der Waals surface area contributed by atoms with Gasteiger partial charge in [-0.05, 0) is 54.3 Å². The van der Waals surface area contributed by atoms with Gasteiger partial charge in [0.25, 0.3) is 0 Å². The highest BCUT2D eigenvalue weighted by atomic mass is 16.2. The number of hydrogen-bond donors (Lipinski definition) is 0. The van der Waals surface area contributed by atoms with Crippen molar-refractivity contribution in [1.29, 1.82) is 0 Å². The molecule has 0 bridgehead atoms. The first-order valence-corrected chi connectivity index (χ1v) is 9.24. The second-order valence-electron chi connectivity index (χ2n) is 7.61. The summed E-state index contributed by atoms with van der Waals surface area (Å²) in [6.45, 7) is 0. The lowest BCUT2D eigenvalue weighted by Crippen LogP contribution is -2.28. The highest BCUT2D eigenvalue weighted by Crippen LogP contribution is 2.58. The van der Waals surface area contributed by atoms with Crippen molar-refractivity contribution < 1.29 is 4.79 Å². The number of hydrogen-bond acceptors (Lipinski definition) is 3. The summed E-state index contributed by atoms with van der Waals surface area (Å²) in [6, 6.07) is 16.8. The van der Waals surface area contributed by atoms with Gasteiger partial charge in [-0.15, -0.1) is 0 Å². The Hall–Kier alpha value is -3.27. The van der Waals surface area contributed by atoms with Crippen LogP contribution >= 0.6 is 0 Å². The van der Waals surface area contributed by atoms with Crippen molar-refractivity contribution in [2.45, 2.75) is 18.3 Å². The third-order valence-corrected chi connectivity index (χ3v) is 6.09. The summed E-state index contributed by atoms with van der Waals surface area (Å²) in [4.78, 5) is 23.6. The molecular formula is C23H17N3O. The Labute approximate surface area is 156 Å². The summed E-state index contributed by atoms with van der Waals surface area (Å²) in [5, 5.41) is 2.23. The minimum Gasteiger partial charge on any atom is -0.313 e. The summed E-state index contributed by atoms with van der Waals surface area (Å²) >= 11 is 0. The van der Waals surface area contributed by atoms with Crippen LogP contribution in [0, 0.1) is 0 Å². The van der Waals surface area contributed by atoms with E-state index < -0.39 is 0 Å². The third kappa shape index (κ3) is 1.90. The van der Waals surface area contributed by atoms with Crippen molar-refractivity contribution in [3.8, 4) is 11.1 Å². The summed E-state index contributed by atoms with van der Waals surface area (Å²) in [6.07, 6.45) is 5.54. The predicted molar refractivity (Wildman–Crippen MR) is 107 cm³/mol. The molecule has 1 amide bonds. The molecule has 1 aliphatic heterocycles. The Morgan fingerprint density at radius 2 is 1.74 bits per heavy atom. The van der Waals surface area contributed by atoms with Crippen LogP contribution in [0.4, 0.5) is 5.69 Å². The fourth-order valence-electron chi connectivity index (χ4n) is 4.50. The van der Waals surface area contributed by atoms with Crippen molar-refractivity contribution in [1.82, 2.24) is 9.97 Å². The number of carbonyl (C=O) groups is 1. The van der Waals surface area contributed by atoms with E-state index in [-0.39, 0.29) is 11.3 Å². The smallest absolute Gasteiger partial charge is 0.237 e. The number of likely N-dealkylation sites (N-methyl/N-ethyl adjacent to an activating group) is 1. The number of rotatable bonds is 1. The normalized spacial score (nSPS) is 17.1. The number of anilines is 1. The molecular weight excluding hydrogens is 334 g/mol. The van der Waals surface area contributed by atoms with Gasteiger partial charge < -0.3 is 4.90 Å². The van der Waals surface area contributed by atoms with E-state index in [2.05, 4.69) is 52.4 Å². The van der Waals surface area contributed by atoms with Gasteiger partial charge in [0.15, 0.2) is 0 Å². The lowest BCUT2D eigenvalue weighted by atomic mass is 9.92. The average molecular weight is 351 g/mol. The minimum absolute atomic E-state index is 0.217. The lowest BCUT2D eigenvalue weighted by molar-refractivity contribution is -0.119. The number of nitrogens with zero attached hydrogens (tertiary/aromatic N) is 3. The third-order valence-electron chi connectivity index (χ3n) is 6.09. The molecule has 0 unspecified atom stereocenters. The topological polar surface area (TPSA) is 46.1 Å². The molecule has 0 saturated heterocycles. The zero-order chi connectivity index (χ0) is 18.2. The molecule has 1 saturated carbocycles. The quantitative estimate of drug-likeness (QED) is 0.509. The molecule has 2 aromatic carbocycles. The molecule has 4 heteroatoms. The SMILES string of the molecule is CN1C(=O)C2(CC2)c2c1cnc1ccc(-c3ccc4ncccc4c3)cc21. The summed E-state index contributed by atoms with van der Waals surface area (Å²) in [5.74, 6) is 0.217. The van der Waals surface area contributed by atoms with Crippen LogP contribution in [-0.2, 0) is 10.2 Å². The molecule has 2 aliphatic rings. The Kier molecular flexibility index (Phi) is 2.70. The van der Waals surface area contributed by atoms with Gasteiger partial charge in [0, 0.05) is 29.6 Å². The molecule has 0 N–H and O–H groups in total. The van der Waals surface area contributed by atoms with E-state index in [1.165, 1.54) is 5.56 Å². The summed E-state index contributed by atoms with van der Waals surface area (Å²) in [5.41, 5.74) is 6.06. The predicted octanol–water partition coefficient (Wildman–Crippen LogP) is 4.46. The number of carbonyl (C=O) groups excluding carboxylic acids is 1. The number of benzene rings is 2. The fraction of sp³-hybridized carbons (Fsp3) is 0.174. The van der Waals surface area contributed by atoms with Crippen molar-refractivity contribution in [3.63, 3.8) is 0 Å². The Balaban J connectivity index is 1.60. The van der Waals surface area contributed by atoms with Crippen molar-refractivity contribution in [2.24, 2.45) is 0 Å². The van der Waals surface area contributed by atoms with Gasteiger partial charge in [-0.2, -0.15) is 0 Å². The van der Waals surface area contributed by atoms with Crippen LogP contribution in [0.3, 0.4) is 0 Å². The summed E-state index contributed by atoms with van der Waals surface area (Å²) < 4.78 is 0. The first-order valence-electron chi connectivity index (χ1n) is 9.24. The standard InChI is InChI=1S/C23H17N3O/c1-26-20-13-25-19-7-5-15(12-17(19)21(20)23(8-9-23)22(26)27)14-4-6-18-16(11-14)3-2-10-24-18/h2-7,10-13H,8-9H2,1H3. The zero-order valence-corrected chi connectivity index (χ0v) is 14.9. The monoisotopic (exact) mass is 351 g/mol. The van der Waals surface area contributed by atoms with Crippen molar-refractivity contribution >= 4 is 33.4 Å². The molecule has 4 nitrogen and oxygen atoms in total. The molecule has 1 fully saturated rings. The number of amides is 1. The minimum atomic E-state index is -0.308. The Morgan fingerprint density at radius 1 is 0.963 bits per heavy atom. The van der Waals surface area contributed by atoms with Gasteiger partial charge in [-0.1, -0.05) is 18.2 Å². The summed E-state index contributed by atoms with van der Waals surface area (Å²) in [7, 11) is 1.86. The van der Waals surface area contributed by atoms with E-state index in [9.17, 15) is 4.79 Å². The van der Waals surface area contributed by atoms with E-state index in [0.717, 1.165) is 51.5 Å². The number of aromatic nitrogens is 2. The van der Waals surface area contributed by atoms with E-state index in [4.69, 9.17) is 0 Å². The number of pyridine rings is 2. The van der Waals surface area contributed by atoms with Gasteiger partial charge in [0.1, 0.15) is 0 Å². The molecule has 27 heavy (non-hydrogen) atoms. The molecule has 1 aliphatic carbocycles. The molecule has 0 atom stereocenters. The van der Waals surface area contributed by atoms with Gasteiger partial charge in [-0.3, -0.25) is 14.8 Å². The van der Waals surface area contributed by atoms with Crippen LogP contribution < -0.4 is 4.90 Å². The molecule has 0 radical (unpaired) electrons. The van der Waals surface area contributed by atoms with E-state index >= 15 is 0 Å². The van der Waals surface area contributed by atoms with Crippen LogP contribution in [-0.4, -0.2) is 22.9 Å². The molecule has 1 spiro atoms. The van der Waals surface area contributed by atoms with Crippen molar-refractivity contribution in [3.05, 3.63) is 66.5 Å². The lowest BCUT2D eigenvalue weighted by Gasteiger charge is -2.11. The van der Waals surface area contributed by atoms with Crippen LogP contribution in [0.2, 0.25) is 0 Å². The molecule has 4 aromatic rings. The molecule has 3 heterocycles. The van der Waals surface area contributed by atoms with Gasteiger partial charge in [-0.25, -0.2) is 0 Å². The van der Waals surface area contributed by atoms with Gasteiger partial charge in [0.05, 0.1) is 28.3 Å². The maximum Gasteiger partial charge on any atom is 0.237 e. The first-order chi connectivity index (χ1) is 13.2. The maximum absolute atomic E-state index is 12.8. The van der Waals surface area contributed by atoms with E-state index in [0.29, 0.717) is 0 Å². The second kappa shape index (κ2) is 4.92. The molecule has 6 rings (SSSR count). The fourth-order valence-corrected chi connectivity index (χ4v) is 4.50. The van der Waals surface area contributed by atoms with Gasteiger partial charge >= 0.3 is 0 Å². The van der Waals surface area contributed by atoms with E-state index in [1.807, 2.05) is 25.5 Å². The number of fused-ring (bicyclic) bond motifs is 5. The van der Waals surface area contributed by atoms with Crippen LogP contribution in [0.15, 0.2) is 60.9 Å². The van der Waals surface area contributed by atoms with Crippen molar-refractivity contribution in [2.75, 3.05) is 11.9 Å². The Bertz CT molecular complexity index is 1270. The highest BCUT2D eigenvalue weighted by molar-refractivity contribution is 6.14. The maximum atomic E-state index is 12.8. The second-order valence-corrected chi connectivity index (χ2v) is 7.61. The van der Waals surface area contributed by atoms with Crippen LogP contribution in [0.1, 0.15) is 18.4 Å². The molecule has 2 aromatic heterocycles. The van der Waals surface area contributed by atoms with Crippen LogP contribution in [0.5, 0.6) is 0 Å². The van der Waals surface area contributed by atoms with Crippen LogP contribution in [0.25, 0.3) is 32.9 Å². The average Bonchev–Trinajstić information content (AvgIpc) is 3.49. The highest BCUT2D eigenvalue weighted by Gasteiger charge is 2.59.